The molecule has 114 valence electrons. The van der Waals surface area contributed by atoms with Crippen molar-refractivity contribution in [2.45, 2.75) is 83.8 Å². The SMILES string of the molecule is CCCC(N)C(CO)N(CCC(C)C)C1CCCC1. The second-order valence-corrected chi connectivity index (χ2v) is 6.56. The van der Waals surface area contributed by atoms with Gasteiger partial charge in [-0.3, -0.25) is 4.90 Å². The van der Waals surface area contributed by atoms with Gasteiger partial charge in [0.2, 0.25) is 0 Å². The van der Waals surface area contributed by atoms with E-state index in [9.17, 15) is 5.11 Å². The van der Waals surface area contributed by atoms with E-state index >= 15 is 0 Å². The van der Waals surface area contributed by atoms with Crippen LogP contribution in [0, 0.1) is 5.92 Å². The number of aliphatic hydroxyl groups excluding tert-OH is 1. The van der Waals surface area contributed by atoms with Crippen molar-refractivity contribution < 1.29 is 5.11 Å². The van der Waals surface area contributed by atoms with Crippen molar-refractivity contribution in [1.82, 2.24) is 4.90 Å². The molecule has 1 fully saturated rings. The predicted molar refractivity (Wildman–Crippen MR) is 82.2 cm³/mol. The Morgan fingerprint density at radius 1 is 1.21 bits per heavy atom. The molecule has 0 amide bonds. The lowest BCUT2D eigenvalue weighted by Crippen LogP contribution is -2.53. The first kappa shape index (κ1) is 16.9. The summed E-state index contributed by atoms with van der Waals surface area (Å²) in [6, 6.07) is 0.920. The molecule has 1 rings (SSSR count). The molecule has 0 saturated heterocycles. The van der Waals surface area contributed by atoms with Crippen molar-refractivity contribution >= 4 is 0 Å². The first-order valence-corrected chi connectivity index (χ1v) is 8.22. The standard InChI is InChI=1S/C16H34N2O/c1-4-7-15(17)16(12-19)18(11-10-13(2)3)14-8-5-6-9-14/h13-16,19H,4-12,17H2,1-3H3. The highest BCUT2D eigenvalue weighted by atomic mass is 16.3. The van der Waals surface area contributed by atoms with Gasteiger partial charge in [0.05, 0.1) is 6.61 Å². The molecule has 0 spiro atoms. The molecule has 0 aromatic carbocycles. The summed E-state index contributed by atoms with van der Waals surface area (Å²) >= 11 is 0. The summed E-state index contributed by atoms with van der Waals surface area (Å²) in [4.78, 5) is 2.54. The van der Waals surface area contributed by atoms with Crippen LogP contribution < -0.4 is 5.73 Å². The highest BCUT2D eigenvalue weighted by Crippen LogP contribution is 2.27. The molecule has 19 heavy (non-hydrogen) atoms. The summed E-state index contributed by atoms with van der Waals surface area (Å²) < 4.78 is 0. The van der Waals surface area contributed by atoms with Gasteiger partial charge in [-0.15, -0.1) is 0 Å². The van der Waals surface area contributed by atoms with Crippen LogP contribution in [0.4, 0.5) is 0 Å². The number of hydrogen-bond donors (Lipinski definition) is 2. The van der Waals surface area contributed by atoms with Crippen LogP contribution in [-0.4, -0.2) is 41.3 Å². The Kier molecular flexibility index (Phi) is 7.96. The summed E-state index contributed by atoms with van der Waals surface area (Å²) in [5.41, 5.74) is 6.31. The van der Waals surface area contributed by atoms with E-state index in [1.807, 2.05) is 0 Å². The maximum atomic E-state index is 9.80. The second-order valence-electron chi connectivity index (χ2n) is 6.56. The average molecular weight is 270 g/mol. The van der Waals surface area contributed by atoms with Crippen LogP contribution in [-0.2, 0) is 0 Å². The van der Waals surface area contributed by atoms with Gasteiger partial charge in [-0.1, -0.05) is 40.0 Å². The lowest BCUT2D eigenvalue weighted by molar-refractivity contribution is 0.0619. The summed E-state index contributed by atoms with van der Waals surface area (Å²) in [6.07, 6.45) is 8.55. The van der Waals surface area contributed by atoms with E-state index in [0.29, 0.717) is 12.0 Å². The third kappa shape index (κ3) is 5.41. The Hall–Kier alpha value is -0.120. The number of aliphatic hydroxyl groups is 1. The Bertz CT molecular complexity index is 227. The molecule has 2 atom stereocenters. The molecule has 2 unspecified atom stereocenters. The minimum atomic E-state index is 0.114. The molecule has 0 heterocycles. The van der Waals surface area contributed by atoms with Gasteiger partial charge in [0.1, 0.15) is 0 Å². The molecule has 0 aromatic rings. The van der Waals surface area contributed by atoms with Gasteiger partial charge in [0.25, 0.3) is 0 Å². The molecular formula is C16H34N2O. The van der Waals surface area contributed by atoms with Crippen LogP contribution >= 0.6 is 0 Å². The lowest BCUT2D eigenvalue weighted by atomic mass is 9.99. The Balaban J connectivity index is 2.67. The topological polar surface area (TPSA) is 49.5 Å². The van der Waals surface area contributed by atoms with E-state index in [-0.39, 0.29) is 18.7 Å². The maximum Gasteiger partial charge on any atom is 0.0602 e. The van der Waals surface area contributed by atoms with Crippen LogP contribution in [0.25, 0.3) is 0 Å². The van der Waals surface area contributed by atoms with E-state index in [4.69, 9.17) is 5.73 Å². The zero-order valence-electron chi connectivity index (χ0n) is 13.1. The van der Waals surface area contributed by atoms with Gasteiger partial charge in [-0.2, -0.15) is 0 Å². The van der Waals surface area contributed by atoms with Crippen LogP contribution in [0.5, 0.6) is 0 Å². The van der Waals surface area contributed by atoms with Crippen molar-refractivity contribution in [2.24, 2.45) is 11.7 Å². The zero-order chi connectivity index (χ0) is 14.3. The van der Waals surface area contributed by atoms with Crippen LogP contribution in [0.1, 0.15) is 65.7 Å². The molecular weight excluding hydrogens is 236 g/mol. The number of rotatable bonds is 9. The molecule has 3 N–H and O–H groups in total. The van der Waals surface area contributed by atoms with Crippen LogP contribution in [0.3, 0.4) is 0 Å². The first-order chi connectivity index (χ1) is 9.10. The highest BCUT2D eigenvalue weighted by molar-refractivity contribution is 4.88. The van der Waals surface area contributed by atoms with Gasteiger partial charge < -0.3 is 10.8 Å². The number of nitrogens with two attached hydrogens (primary N) is 1. The van der Waals surface area contributed by atoms with E-state index in [1.165, 1.54) is 32.1 Å². The van der Waals surface area contributed by atoms with E-state index in [1.54, 1.807) is 0 Å². The summed E-state index contributed by atoms with van der Waals surface area (Å²) in [6.45, 7) is 8.00. The molecule has 3 heteroatoms. The fraction of sp³-hybridized carbons (Fsp3) is 1.00. The smallest absolute Gasteiger partial charge is 0.0602 e. The van der Waals surface area contributed by atoms with Gasteiger partial charge in [-0.05, 0) is 38.1 Å². The summed E-state index contributed by atoms with van der Waals surface area (Å²) in [5, 5.41) is 9.80. The van der Waals surface area contributed by atoms with Crippen LogP contribution in [0.15, 0.2) is 0 Å². The third-order valence-corrected chi connectivity index (χ3v) is 4.49. The molecule has 1 aliphatic carbocycles. The van der Waals surface area contributed by atoms with Gasteiger partial charge in [-0.25, -0.2) is 0 Å². The molecule has 0 radical (unpaired) electrons. The largest absolute Gasteiger partial charge is 0.395 e. The van der Waals surface area contributed by atoms with E-state index in [0.717, 1.165) is 19.4 Å². The van der Waals surface area contributed by atoms with E-state index < -0.39 is 0 Å². The summed E-state index contributed by atoms with van der Waals surface area (Å²) in [7, 11) is 0. The summed E-state index contributed by atoms with van der Waals surface area (Å²) in [5.74, 6) is 0.714. The Morgan fingerprint density at radius 2 is 1.84 bits per heavy atom. The van der Waals surface area contributed by atoms with Gasteiger partial charge in [0, 0.05) is 18.1 Å². The Morgan fingerprint density at radius 3 is 2.32 bits per heavy atom. The van der Waals surface area contributed by atoms with Gasteiger partial charge >= 0.3 is 0 Å². The van der Waals surface area contributed by atoms with Crippen molar-refractivity contribution in [1.29, 1.82) is 0 Å². The lowest BCUT2D eigenvalue weighted by Gasteiger charge is -2.39. The van der Waals surface area contributed by atoms with E-state index in [2.05, 4.69) is 25.7 Å². The van der Waals surface area contributed by atoms with Crippen molar-refractivity contribution in [3.05, 3.63) is 0 Å². The maximum absolute atomic E-state index is 9.80. The minimum absolute atomic E-state index is 0.114. The van der Waals surface area contributed by atoms with Crippen LogP contribution in [0.2, 0.25) is 0 Å². The average Bonchev–Trinajstić information content (AvgIpc) is 2.87. The number of nitrogens with zero attached hydrogens (tertiary/aromatic N) is 1. The van der Waals surface area contributed by atoms with Crippen molar-refractivity contribution in [2.75, 3.05) is 13.2 Å². The normalized spacial score (nSPS) is 20.4. The van der Waals surface area contributed by atoms with Gasteiger partial charge in [0.15, 0.2) is 0 Å². The molecule has 1 aliphatic rings. The predicted octanol–water partition coefficient (Wildman–Crippen LogP) is 2.77. The monoisotopic (exact) mass is 270 g/mol. The molecule has 0 bridgehead atoms. The quantitative estimate of drug-likeness (QED) is 0.677. The molecule has 0 aromatic heterocycles. The second kappa shape index (κ2) is 8.93. The molecule has 1 saturated carbocycles. The Labute approximate surface area is 119 Å². The third-order valence-electron chi connectivity index (χ3n) is 4.49. The molecule has 0 aliphatic heterocycles. The fourth-order valence-corrected chi connectivity index (χ4v) is 3.27. The zero-order valence-corrected chi connectivity index (χ0v) is 13.1. The number of hydrogen-bond acceptors (Lipinski definition) is 3. The van der Waals surface area contributed by atoms with Crippen molar-refractivity contribution in [3.63, 3.8) is 0 Å². The fourth-order valence-electron chi connectivity index (χ4n) is 3.27. The first-order valence-electron chi connectivity index (χ1n) is 8.22. The van der Waals surface area contributed by atoms with Crippen molar-refractivity contribution in [3.8, 4) is 0 Å². The molecule has 3 nitrogen and oxygen atoms in total. The minimum Gasteiger partial charge on any atom is -0.395 e. The highest BCUT2D eigenvalue weighted by Gasteiger charge is 2.31.